The Kier molecular flexibility index (Phi) is 4.34. The minimum Gasteiger partial charge on any atom is -0.325 e. The van der Waals surface area contributed by atoms with Crippen LogP contribution in [0.15, 0.2) is 52.0 Å². The number of hydrogen-bond donors (Lipinski definition) is 1. The Labute approximate surface area is 120 Å². The molecule has 0 unspecified atom stereocenters. The van der Waals surface area contributed by atoms with Crippen LogP contribution in [0.3, 0.4) is 0 Å². The van der Waals surface area contributed by atoms with Gasteiger partial charge in [0, 0.05) is 17.2 Å². The van der Waals surface area contributed by atoms with E-state index in [4.69, 9.17) is 5.73 Å². The normalized spacial score (nSPS) is 11.5. The van der Waals surface area contributed by atoms with Gasteiger partial charge in [-0.2, -0.15) is 0 Å². The van der Waals surface area contributed by atoms with Gasteiger partial charge in [-0.25, -0.2) is 8.42 Å². The molecule has 2 aromatic rings. The Morgan fingerprint density at radius 1 is 1.21 bits per heavy atom. The van der Waals surface area contributed by atoms with Crippen molar-refractivity contribution in [1.29, 1.82) is 0 Å². The predicted molar refractivity (Wildman–Crippen MR) is 77.2 cm³/mol. The van der Waals surface area contributed by atoms with Crippen LogP contribution in [-0.4, -0.2) is 13.4 Å². The van der Waals surface area contributed by atoms with Crippen LogP contribution in [-0.2, 0) is 22.1 Å². The highest BCUT2D eigenvalue weighted by Crippen LogP contribution is 2.20. The quantitative estimate of drug-likeness (QED) is 0.926. The van der Waals surface area contributed by atoms with Gasteiger partial charge in [-0.15, -0.1) is 0 Å². The van der Waals surface area contributed by atoms with Gasteiger partial charge in [0.25, 0.3) is 0 Å². The van der Waals surface area contributed by atoms with E-state index in [1.807, 2.05) is 0 Å². The number of aromatic nitrogens is 1. The molecule has 0 radical (unpaired) electrons. The van der Waals surface area contributed by atoms with Gasteiger partial charge in [-0.05, 0) is 35.9 Å². The highest BCUT2D eigenvalue weighted by molar-refractivity contribution is 9.10. The zero-order chi connectivity index (χ0) is 13.9. The largest absolute Gasteiger partial charge is 0.325 e. The summed E-state index contributed by atoms with van der Waals surface area (Å²) in [5, 5.41) is 0. The molecule has 0 saturated carbocycles. The minimum absolute atomic E-state index is 0.0566. The molecule has 0 atom stereocenters. The molecule has 0 aliphatic carbocycles. The van der Waals surface area contributed by atoms with Crippen molar-refractivity contribution in [3.05, 3.63) is 58.3 Å². The van der Waals surface area contributed by atoms with Crippen LogP contribution < -0.4 is 5.73 Å². The second-order valence-electron chi connectivity index (χ2n) is 4.08. The lowest BCUT2D eigenvalue weighted by Gasteiger charge is -2.06. The van der Waals surface area contributed by atoms with Gasteiger partial charge in [-0.3, -0.25) is 4.98 Å². The fraction of sp³-hybridized carbons (Fsp3) is 0.154. The zero-order valence-electron chi connectivity index (χ0n) is 10.1. The van der Waals surface area contributed by atoms with Crippen LogP contribution >= 0.6 is 15.9 Å². The highest BCUT2D eigenvalue weighted by Gasteiger charge is 2.15. The third-order valence-corrected chi connectivity index (χ3v) is 4.78. The lowest BCUT2D eigenvalue weighted by atomic mass is 10.2. The van der Waals surface area contributed by atoms with Crippen LogP contribution in [0, 0.1) is 0 Å². The van der Waals surface area contributed by atoms with E-state index >= 15 is 0 Å². The van der Waals surface area contributed by atoms with Crippen molar-refractivity contribution in [2.45, 2.75) is 17.2 Å². The van der Waals surface area contributed by atoms with Crippen molar-refractivity contribution >= 4 is 25.8 Å². The van der Waals surface area contributed by atoms with E-state index in [2.05, 4.69) is 20.9 Å². The third-order valence-electron chi connectivity index (χ3n) is 2.60. The number of sulfone groups is 1. The summed E-state index contributed by atoms with van der Waals surface area (Å²) in [5.74, 6) is -0.0566. The number of halogens is 1. The first-order chi connectivity index (χ1) is 9.01. The monoisotopic (exact) mass is 340 g/mol. The second-order valence-corrected chi connectivity index (χ2v) is 6.98. The molecule has 0 fully saturated rings. The Morgan fingerprint density at radius 2 is 2.00 bits per heavy atom. The van der Waals surface area contributed by atoms with Crippen molar-refractivity contribution in [3.8, 4) is 0 Å². The van der Waals surface area contributed by atoms with E-state index < -0.39 is 9.84 Å². The van der Waals surface area contributed by atoms with Crippen LogP contribution in [0.5, 0.6) is 0 Å². The summed E-state index contributed by atoms with van der Waals surface area (Å²) < 4.78 is 25.3. The fourth-order valence-electron chi connectivity index (χ4n) is 1.69. The van der Waals surface area contributed by atoms with E-state index in [9.17, 15) is 8.42 Å². The lowest BCUT2D eigenvalue weighted by molar-refractivity contribution is 0.595. The number of benzene rings is 1. The van der Waals surface area contributed by atoms with Gasteiger partial charge in [0.05, 0.1) is 16.3 Å². The van der Waals surface area contributed by atoms with Gasteiger partial charge < -0.3 is 5.73 Å². The summed E-state index contributed by atoms with van der Waals surface area (Å²) in [6, 6.07) is 10.1. The maximum Gasteiger partial charge on any atom is 0.182 e. The van der Waals surface area contributed by atoms with Crippen LogP contribution in [0.2, 0.25) is 0 Å². The van der Waals surface area contributed by atoms with E-state index in [1.165, 1.54) is 0 Å². The summed E-state index contributed by atoms with van der Waals surface area (Å²) in [7, 11) is -3.36. The number of nitrogens with two attached hydrogens (primary N) is 1. The Hall–Kier alpha value is -1.24. The summed E-state index contributed by atoms with van der Waals surface area (Å²) >= 11 is 3.27. The topological polar surface area (TPSA) is 73.1 Å². The van der Waals surface area contributed by atoms with Crippen molar-refractivity contribution < 1.29 is 8.42 Å². The molecule has 100 valence electrons. The number of nitrogens with zero attached hydrogens (tertiary/aromatic N) is 1. The molecular weight excluding hydrogens is 328 g/mol. The van der Waals surface area contributed by atoms with Gasteiger partial charge in [0.1, 0.15) is 0 Å². The van der Waals surface area contributed by atoms with Crippen molar-refractivity contribution in [2.75, 3.05) is 0 Å². The van der Waals surface area contributed by atoms with Gasteiger partial charge in [0.2, 0.25) is 0 Å². The molecule has 0 bridgehead atoms. The number of rotatable bonds is 4. The van der Waals surface area contributed by atoms with Crippen molar-refractivity contribution in [1.82, 2.24) is 4.98 Å². The van der Waals surface area contributed by atoms with Crippen molar-refractivity contribution in [2.24, 2.45) is 5.73 Å². The van der Waals surface area contributed by atoms with Gasteiger partial charge in [-0.1, -0.05) is 22.0 Å². The van der Waals surface area contributed by atoms with E-state index in [0.717, 1.165) is 4.47 Å². The fourth-order valence-corrected chi connectivity index (χ4v) is 3.62. The number of pyridine rings is 1. The molecule has 0 spiro atoms. The second kappa shape index (κ2) is 5.81. The smallest absolute Gasteiger partial charge is 0.182 e. The van der Waals surface area contributed by atoms with Crippen LogP contribution in [0.1, 0.15) is 11.3 Å². The Morgan fingerprint density at radius 3 is 2.68 bits per heavy atom. The minimum atomic E-state index is -3.36. The maximum absolute atomic E-state index is 12.3. The molecule has 4 nitrogen and oxygen atoms in total. The van der Waals surface area contributed by atoms with E-state index in [0.29, 0.717) is 22.7 Å². The molecule has 1 aromatic carbocycles. The SMILES string of the molecule is NCc1cc(CS(=O)(=O)c2cccc(Br)c2)ccn1. The lowest BCUT2D eigenvalue weighted by Crippen LogP contribution is -2.07. The maximum atomic E-state index is 12.3. The first-order valence-corrected chi connectivity index (χ1v) is 8.08. The molecular formula is C13H13BrN2O2S. The van der Waals surface area contributed by atoms with Gasteiger partial charge in [0.15, 0.2) is 9.84 Å². The molecule has 0 aliphatic rings. The summed E-state index contributed by atoms with van der Waals surface area (Å²) in [6.07, 6.45) is 1.58. The molecule has 0 saturated heterocycles. The average Bonchev–Trinajstić information content (AvgIpc) is 2.38. The third kappa shape index (κ3) is 3.62. The molecule has 0 aliphatic heterocycles. The first kappa shape index (κ1) is 14.2. The molecule has 2 rings (SSSR count). The molecule has 19 heavy (non-hydrogen) atoms. The van der Waals surface area contributed by atoms with Crippen LogP contribution in [0.4, 0.5) is 0 Å². The zero-order valence-corrected chi connectivity index (χ0v) is 12.5. The molecule has 1 heterocycles. The number of hydrogen-bond acceptors (Lipinski definition) is 4. The standard InChI is InChI=1S/C13H13BrN2O2S/c14-11-2-1-3-13(7-11)19(17,18)9-10-4-5-16-12(6-10)8-15/h1-7H,8-9,15H2. The summed E-state index contributed by atoms with van der Waals surface area (Å²) in [5.41, 5.74) is 6.87. The van der Waals surface area contributed by atoms with Crippen molar-refractivity contribution in [3.63, 3.8) is 0 Å². The highest BCUT2D eigenvalue weighted by atomic mass is 79.9. The summed E-state index contributed by atoms with van der Waals surface area (Å²) in [4.78, 5) is 4.35. The van der Waals surface area contributed by atoms with Gasteiger partial charge >= 0.3 is 0 Å². The molecule has 0 amide bonds. The van der Waals surface area contributed by atoms with E-state index in [1.54, 1.807) is 42.6 Å². The predicted octanol–water partition coefficient (Wildman–Crippen LogP) is 2.28. The molecule has 1 aromatic heterocycles. The summed E-state index contributed by atoms with van der Waals surface area (Å²) in [6.45, 7) is 0.296. The first-order valence-electron chi connectivity index (χ1n) is 5.63. The average molecular weight is 341 g/mol. The van der Waals surface area contributed by atoms with E-state index in [-0.39, 0.29) is 5.75 Å². The Balaban J connectivity index is 2.31. The molecule has 2 N–H and O–H groups in total. The Bertz CT molecular complexity index is 687. The molecule has 6 heteroatoms. The van der Waals surface area contributed by atoms with Crippen LogP contribution in [0.25, 0.3) is 0 Å².